The lowest BCUT2D eigenvalue weighted by molar-refractivity contribution is 0.104. The summed E-state index contributed by atoms with van der Waals surface area (Å²) in [7, 11) is 0. The molecular weight excluding hydrogens is 388 g/mol. The summed E-state index contributed by atoms with van der Waals surface area (Å²) in [6, 6.07) is 26.1. The number of hydrogen-bond donors (Lipinski definition) is 1. The minimum Gasteiger partial charge on any atom is -0.465 e. The van der Waals surface area contributed by atoms with Gasteiger partial charge in [-0.1, -0.05) is 76.6 Å². The average Bonchev–Trinajstić information content (AvgIpc) is 3.25. The van der Waals surface area contributed by atoms with E-state index in [0.29, 0.717) is 5.76 Å². The topological polar surface area (TPSA) is 33.4 Å². The quantitative estimate of drug-likeness (QED) is 0.447. The fourth-order valence-corrected chi connectivity index (χ4v) is 4.41. The van der Waals surface area contributed by atoms with Crippen LogP contribution in [0.2, 0.25) is 0 Å². The van der Waals surface area contributed by atoms with Gasteiger partial charge in [-0.25, -0.2) is 0 Å². The van der Waals surface area contributed by atoms with E-state index < -0.39 is 5.60 Å². The second-order valence-corrected chi connectivity index (χ2v) is 7.33. The maximum Gasteiger partial charge on any atom is 0.175 e. The van der Waals surface area contributed by atoms with E-state index in [-0.39, 0.29) is 0 Å². The molecule has 0 bridgehead atoms. The van der Waals surface area contributed by atoms with Crippen LogP contribution in [0.25, 0.3) is 22.3 Å². The fourth-order valence-electron chi connectivity index (χ4n) is 3.83. The Kier molecular flexibility index (Phi) is 3.42. The summed E-state index contributed by atoms with van der Waals surface area (Å²) < 4.78 is 6.61. The summed E-state index contributed by atoms with van der Waals surface area (Å²) in [5.41, 5.74) is 4.44. The van der Waals surface area contributed by atoms with Crippen molar-refractivity contribution in [3.63, 3.8) is 0 Å². The smallest absolute Gasteiger partial charge is 0.175 e. The molecule has 0 amide bonds. The monoisotopic (exact) mass is 402 g/mol. The van der Waals surface area contributed by atoms with Crippen molar-refractivity contribution in [1.29, 1.82) is 0 Å². The van der Waals surface area contributed by atoms with Gasteiger partial charge in [0.2, 0.25) is 0 Å². The molecule has 0 aliphatic heterocycles. The van der Waals surface area contributed by atoms with Gasteiger partial charge in [-0.3, -0.25) is 0 Å². The molecule has 1 unspecified atom stereocenters. The Morgan fingerprint density at radius 2 is 1.50 bits per heavy atom. The second kappa shape index (κ2) is 5.70. The van der Waals surface area contributed by atoms with Gasteiger partial charge < -0.3 is 9.52 Å². The zero-order valence-corrected chi connectivity index (χ0v) is 15.4. The first kappa shape index (κ1) is 15.6. The maximum absolute atomic E-state index is 11.9. The number of furan rings is 1. The van der Waals surface area contributed by atoms with Gasteiger partial charge in [0.15, 0.2) is 11.4 Å². The molecule has 26 heavy (non-hydrogen) atoms. The lowest BCUT2D eigenvalue weighted by Crippen LogP contribution is -2.26. The Hall–Kier alpha value is -2.62. The molecule has 1 heterocycles. The summed E-state index contributed by atoms with van der Waals surface area (Å²) in [5, 5.41) is 11.9. The third kappa shape index (κ3) is 2.08. The first-order valence-electron chi connectivity index (χ1n) is 8.45. The van der Waals surface area contributed by atoms with Crippen LogP contribution in [0.3, 0.4) is 0 Å². The minimum atomic E-state index is -1.32. The minimum absolute atomic E-state index is 0.574. The molecule has 0 fully saturated rings. The highest BCUT2D eigenvalue weighted by molar-refractivity contribution is 9.10. The van der Waals surface area contributed by atoms with Crippen LogP contribution in [0.5, 0.6) is 0 Å². The Bertz CT molecular complexity index is 1110. The third-order valence-electron chi connectivity index (χ3n) is 5.06. The van der Waals surface area contributed by atoms with Crippen molar-refractivity contribution in [2.24, 2.45) is 0 Å². The van der Waals surface area contributed by atoms with Gasteiger partial charge in [-0.15, -0.1) is 0 Å². The molecule has 1 aliphatic carbocycles. The van der Waals surface area contributed by atoms with E-state index >= 15 is 0 Å². The molecule has 1 N–H and O–H groups in total. The van der Waals surface area contributed by atoms with Crippen LogP contribution in [-0.4, -0.2) is 5.11 Å². The largest absolute Gasteiger partial charge is 0.465 e. The highest BCUT2D eigenvalue weighted by Crippen LogP contribution is 2.53. The van der Waals surface area contributed by atoms with Crippen molar-refractivity contribution in [3.8, 4) is 22.3 Å². The molecular formula is C23H15BrO2. The highest BCUT2D eigenvalue weighted by atomic mass is 79.9. The zero-order valence-electron chi connectivity index (χ0n) is 13.8. The van der Waals surface area contributed by atoms with E-state index in [4.69, 9.17) is 4.42 Å². The average molecular weight is 403 g/mol. The Balaban J connectivity index is 1.80. The summed E-state index contributed by atoms with van der Waals surface area (Å²) in [6.45, 7) is 0. The lowest BCUT2D eigenvalue weighted by atomic mass is 9.86. The SMILES string of the molecule is OC1(c2ccccc2Br)c2cc(-c3ccccc3)ccc2-c2ccoc21. The Morgan fingerprint density at radius 3 is 2.31 bits per heavy atom. The van der Waals surface area contributed by atoms with Crippen LogP contribution in [0, 0.1) is 0 Å². The van der Waals surface area contributed by atoms with Gasteiger partial charge in [-0.2, -0.15) is 0 Å². The van der Waals surface area contributed by atoms with Crippen molar-refractivity contribution >= 4 is 15.9 Å². The number of halogens is 1. The molecule has 0 radical (unpaired) electrons. The Morgan fingerprint density at radius 1 is 0.731 bits per heavy atom. The maximum atomic E-state index is 11.9. The molecule has 0 saturated heterocycles. The van der Waals surface area contributed by atoms with Crippen molar-refractivity contribution in [2.45, 2.75) is 5.60 Å². The van der Waals surface area contributed by atoms with E-state index in [0.717, 1.165) is 37.9 Å². The predicted octanol–water partition coefficient (Wildman–Crippen LogP) is 5.97. The van der Waals surface area contributed by atoms with E-state index in [1.165, 1.54) is 0 Å². The number of fused-ring (bicyclic) bond motifs is 3. The van der Waals surface area contributed by atoms with Crippen molar-refractivity contribution in [1.82, 2.24) is 0 Å². The van der Waals surface area contributed by atoms with Crippen LogP contribution in [-0.2, 0) is 5.60 Å². The molecule has 126 valence electrons. The molecule has 0 saturated carbocycles. The number of aliphatic hydroxyl groups is 1. The van der Waals surface area contributed by atoms with Crippen LogP contribution >= 0.6 is 15.9 Å². The molecule has 0 spiro atoms. The van der Waals surface area contributed by atoms with Gasteiger partial charge in [0.1, 0.15) is 0 Å². The summed E-state index contributed by atoms with van der Waals surface area (Å²) in [4.78, 5) is 0. The van der Waals surface area contributed by atoms with Gasteiger partial charge in [-0.05, 0) is 34.9 Å². The van der Waals surface area contributed by atoms with Crippen LogP contribution in [0.1, 0.15) is 16.9 Å². The second-order valence-electron chi connectivity index (χ2n) is 6.48. The van der Waals surface area contributed by atoms with Crippen molar-refractivity contribution in [2.75, 3.05) is 0 Å². The normalized spacial score (nSPS) is 17.8. The third-order valence-corrected chi connectivity index (χ3v) is 5.76. The standard InChI is InChI=1S/C23H15BrO2/c24-21-9-5-4-8-19(21)23(25)20-14-16(15-6-2-1-3-7-15)10-11-17(20)18-12-13-26-22(18)23/h1-14,25H. The molecule has 4 aromatic rings. The van der Waals surface area contributed by atoms with Gasteiger partial charge >= 0.3 is 0 Å². The molecule has 1 atom stereocenters. The van der Waals surface area contributed by atoms with Crippen molar-refractivity contribution in [3.05, 3.63) is 106 Å². The van der Waals surface area contributed by atoms with Crippen LogP contribution < -0.4 is 0 Å². The van der Waals surface area contributed by atoms with Gasteiger partial charge in [0, 0.05) is 21.2 Å². The van der Waals surface area contributed by atoms with E-state index in [9.17, 15) is 5.11 Å². The summed E-state index contributed by atoms with van der Waals surface area (Å²) in [6.07, 6.45) is 1.64. The van der Waals surface area contributed by atoms with E-state index in [2.05, 4.69) is 46.3 Å². The van der Waals surface area contributed by atoms with Crippen LogP contribution in [0.4, 0.5) is 0 Å². The number of hydrogen-bond acceptors (Lipinski definition) is 2. The molecule has 2 nitrogen and oxygen atoms in total. The van der Waals surface area contributed by atoms with Gasteiger partial charge in [0.25, 0.3) is 0 Å². The Labute approximate surface area is 159 Å². The number of benzene rings is 3. The first-order chi connectivity index (χ1) is 12.7. The summed E-state index contributed by atoms with van der Waals surface area (Å²) >= 11 is 3.60. The van der Waals surface area contributed by atoms with Crippen LogP contribution in [0.15, 0.2) is 94.0 Å². The number of rotatable bonds is 2. The first-order valence-corrected chi connectivity index (χ1v) is 9.24. The van der Waals surface area contributed by atoms with E-state index in [1.807, 2.05) is 48.5 Å². The molecule has 5 rings (SSSR count). The van der Waals surface area contributed by atoms with Gasteiger partial charge in [0.05, 0.1) is 6.26 Å². The van der Waals surface area contributed by atoms with Crippen molar-refractivity contribution < 1.29 is 9.52 Å². The highest BCUT2D eigenvalue weighted by Gasteiger charge is 2.47. The predicted molar refractivity (Wildman–Crippen MR) is 106 cm³/mol. The zero-order chi connectivity index (χ0) is 17.7. The molecule has 3 aromatic carbocycles. The molecule has 3 heteroatoms. The van der Waals surface area contributed by atoms with E-state index in [1.54, 1.807) is 6.26 Å². The molecule has 1 aromatic heterocycles. The molecule has 1 aliphatic rings. The fraction of sp³-hybridized carbons (Fsp3) is 0.0435. The summed E-state index contributed by atoms with van der Waals surface area (Å²) in [5.74, 6) is 0.574. The lowest BCUT2D eigenvalue weighted by Gasteiger charge is -2.26.